The molecular formula is C21H19N3O. The molecule has 1 aliphatic heterocycles. The van der Waals surface area contributed by atoms with Crippen molar-refractivity contribution in [2.45, 2.75) is 31.8 Å². The predicted octanol–water partition coefficient (Wildman–Crippen LogP) is 3.91. The van der Waals surface area contributed by atoms with Crippen LogP contribution in [0.5, 0.6) is 5.75 Å². The van der Waals surface area contributed by atoms with Crippen LogP contribution in [-0.2, 0) is 12.8 Å². The number of para-hydroxylation sites is 1. The van der Waals surface area contributed by atoms with E-state index in [2.05, 4.69) is 59.7 Å². The highest BCUT2D eigenvalue weighted by molar-refractivity contribution is 5.62. The lowest BCUT2D eigenvalue weighted by Crippen LogP contribution is -2.41. The highest BCUT2D eigenvalue weighted by Crippen LogP contribution is 2.39. The third-order valence-electron chi connectivity index (χ3n) is 5.14. The fourth-order valence-corrected chi connectivity index (χ4v) is 3.81. The number of aromatic nitrogens is 3. The Kier molecular flexibility index (Phi) is 3.07. The fourth-order valence-electron chi connectivity index (χ4n) is 3.81. The van der Waals surface area contributed by atoms with Crippen LogP contribution in [0.1, 0.15) is 28.9 Å². The van der Waals surface area contributed by atoms with Crippen LogP contribution in [0.15, 0.2) is 54.6 Å². The molecule has 0 bridgehead atoms. The van der Waals surface area contributed by atoms with E-state index in [1.54, 1.807) is 0 Å². The number of aryl methyl sites for hydroxylation is 1. The molecule has 2 heterocycles. The second-order valence-electron chi connectivity index (χ2n) is 6.95. The van der Waals surface area contributed by atoms with Crippen LogP contribution in [-0.4, -0.2) is 20.6 Å². The van der Waals surface area contributed by atoms with Gasteiger partial charge in [-0.3, -0.25) is 0 Å². The first-order valence-electron chi connectivity index (χ1n) is 8.70. The first kappa shape index (κ1) is 14.5. The van der Waals surface area contributed by atoms with Gasteiger partial charge in [-0.2, -0.15) is 0 Å². The standard InChI is InChI=1S/C21H19N3O/c1-15-7-8-20-16(13-15)9-11-21(25-20)12-10-19-18(14-21)22-23-24(19)17-5-3-2-4-6-17/h2-9,11,13H,10,12,14H2,1H3. The third kappa shape index (κ3) is 2.37. The van der Waals surface area contributed by atoms with Gasteiger partial charge in [0.05, 0.1) is 17.1 Å². The van der Waals surface area contributed by atoms with Gasteiger partial charge in [-0.15, -0.1) is 5.10 Å². The molecule has 4 nitrogen and oxygen atoms in total. The highest BCUT2D eigenvalue weighted by Gasteiger charge is 2.39. The Morgan fingerprint density at radius 1 is 1.12 bits per heavy atom. The van der Waals surface area contributed by atoms with E-state index in [1.807, 2.05) is 22.9 Å². The molecule has 1 spiro atoms. The maximum absolute atomic E-state index is 6.42. The SMILES string of the molecule is Cc1ccc2c(c1)C=CC1(CCc3c(nnn3-c3ccccc3)C1)O2. The number of rotatable bonds is 1. The van der Waals surface area contributed by atoms with Crippen molar-refractivity contribution in [1.82, 2.24) is 15.0 Å². The Balaban J connectivity index is 1.48. The molecule has 3 aromatic rings. The first-order chi connectivity index (χ1) is 12.2. The molecule has 0 radical (unpaired) electrons. The Hall–Kier alpha value is -2.88. The average molecular weight is 329 g/mol. The summed E-state index contributed by atoms with van der Waals surface area (Å²) < 4.78 is 8.39. The molecule has 124 valence electrons. The molecule has 4 heteroatoms. The molecule has 0 saturated heterocycles. The van der Waals surface area contributed by atoms with Crippen molar-refractivity contribution in [2.75, 3.05) is 0 Å². The smallest absolute Gasteiger partial charge is 0.133 e. The third-order valence-corrected chi connectivity index (χ3v) is 5.14. The summed E-state index contributed by atoms with van der Waals surface area (Å²) in [6.45, 7) is 2.10. The molecule has 2 aromatic carbocycles. The minimum atomic E-state index is -0.299. The largest absolute Gasteiger partial charge is 0.482 e. The van der Waals surface area contributed by atoms with Crippen molar-refractivity contribution in [3.05, 3.63) is 77.1 Å². The normalized spacial score (nSPS) is 20.8. The maximum Gasteiger partial charge on any atom is 0.133 e. The molecule has 1 unspecified atom stereocenters. The van der Waals surface area contributed by atoms with E-state index in [1.165, 1.54) is 11.3 Å². The minimum absolute atomic E-state index is 0.299. The van der Waals surface area contributed by atoms with Gasteiger partial charge >= 0.3 is 0 Å². The van der Waals surface area contributed by atoms with Crippen LogP contribution < -0.4 is 4.74 Å². The molecule has 1 aromatic heterocycles. The summed E-state index contributed by atoms with van der Waals surface area (Å²) in [6, 6.07) is 16.5. The van der Waals surface area contributed by atoms with Gasteiger partial charge in [0.2, 0.25) is 0 Å². The van der Waals surface area contributed by atoms with Crippen molar-refractivity contribution >= 4 is 6.08 Å². The van der Waals surface area contributed by atoms with E-state index < -0.39 is 0 Å². The Morgan fingerprint density at radius 3 is 2.88 bits per heavy atom. The summed E-state index contributed by atoms with van der Waals surface area (Å²) in [5.41, 5.74) is 5.41. The van der Waals surface area contributed by atoms with E-state index in [4.69, 9.17) is 4.74 Å². The van der Waals surface area contributed by atoms with Crippen molar-refractivity contribution in [2.24, 2.45) is 0 Å². The van der Waals surface area contributed by atoms with Gasteiger partial charge in [0.15, 0.2) is 0 Å². The number of ether oxygens (including phenoxy) is 1. The molecule has 0 fully saturated rings. The van der Waals surface area contributed by atoms with Gasteiger partial charge in [0.1, 0.15) is 11.4 Å². The van der Waals surface area contributed by atoms with E-state index in [0.29, 0.717) is 0 Å². The predicted molar refractivity (Wildman–Crippen MR) is 97.0 cm³/mol. The summed E-state index contributed by atoms with van der Waals surface area (Å²) in [6.07, 6.45) is 7.00. The van der Waals surface area contributed by atoms with Crippen molar-refractivity contribution in [1.29, 1.82) is 0 Å². The number of nitrogens with zero attached hydrogens (tertiary/aromatic N) is 3. The summed E-state index contributed by atoms with van der Waals surface area (Å²) in [4.78, 5) is 0. The second kappa shape index (κ2) is 5.31. The molecule has 5 rings (SSSR count). The molecule has 2 aliphatic rings. The number of hydrogen-bond donors (Lipinski definition) is 0. The van der Waals surface area contributed by atoms with Crippen LogP contribution in [0.2, 0.25) is 0 Å². The molecule has 1 atom stereocenters. The fraction of sp³-hybridized carbons (Fsp3) is 0.238. The molecule has 0 amide bonds. The summed E-state index contributed by atoms with van der Waals surface area (Å²) in [7, 11) is 0. The summed E-state index contributed by atoms with van der Waals surface area (Å²) in [5.74, 6) is 0.965. The Bertz CT molecular complexity index is 974. The van der Waals surface area contributed by atoms with E-state index in [9.17, 15) is 0 Å². The zero-order valence-corrected chi connectivity index (χ0v) is 14.1. The molecule has 0 saturated carbocycles. The summed E-state index contributed by atoms with van der Waals surface area (Å²) in [5, 5.41) is 8.84. The van der Waals surface area contributed by atoms with Gasteiger partial charge in [0.25, 0.3) is 0 Å². The lowest BCUT2D eigenvalue weighted by atomic mass is 9.83. The molecule has 1 aliphatic carbocycles. The highest BCUT2D eigenvalue weighted by atomic mass is 16.5. The zero-order chi connectivity index (χ0) is 16.9. The first-order valence-corrected chi connectivity index (χ1v) is 8.70. The minimum Gasteiger partial charge on any atom is -0.482 e. The van der Waals surface area contributed by atoms with Gasteiger partial charge in [-0.1, -0.05) is 41.1 Å². The van der Waals surface area contributed by atoms with Gasteiger partial charge in [-0.25, -0.2) is 4.68 Å². The molecule has 25 heavy (non-hydrogen) atoms. The topological polar surface area (TPSA) is 39.9 Å². The van der Waals surface area contributed by atoms with Crippen molar-refractivity contribution in [3.63, 3.8) is 0 Å². The van der Waals surface area contributed by atoms with Gasteiger partial charge in [0, 0.05) is 12.0 Å². The Labute approximate surface area is 146 Å². The number of fused-ring (bicyclic) bond motifs is 2. The number of benzene rings is 2. The summed E-state index contributed by atoms with van der Waals surface area (Å²) >= 11 is 0. The van der Waals surface area contributed by atoms with Gasteiger partial charge < -0.3 is 4.74 Å². The Morgan fingerprint density at radius 2 is 2.00 bits per heavy atom. The van der Waals surface area contributed by atoms with E-state index in [0.717, 1.165) is 42.0 Å². The van der Waals surface area contributed by atoms with E-state index >= 15 is 0 Å². The van der Waals surface area contributed by atoms with Crippen molar-refractivity contribution in [3.8, 4) is 11.4 Å². The van der Waals surface area contributed by atoms with Crippen LogP contribution in [0.3, 0.4) is 0 Å². The maximum atomic E-state index is 6.42. The van der Waals surface area contributed by atoms with Crippen LogP contribution in [0.25, 0.3) is 11.8 Å². The molecule has 0 N–H and O–H groups in total. The average Bonchev–Trinajstić information content (AvgIpc) is 3.05. The lowest BCUT2D eigenvalue weighted by Gasteiger charge is -2.37. The molecular weight excluding hydrogens is 310 g/mol. The lowest BCUT2D eigenvalue weighted by molar-refractivity contribution is 0.0995. The van der Waals surface area contributed by atoms with Gasteiger partial charge in [-0.05, 0) is 50.1 Å². The second-order valence-corrected chi connectivity index (χ2v) is 6.95. The van der Waals surface area contributed by atoms with Crippen LogP contribution in [0.4, 0.5) is 0 Å². The number of hydrogen-bond acceptors (Lipinski definition) is 3. The van der Waals surface area contributed by atoms with Crippen LogP contribution >= 0.6 is 0 Å². The monoisotopic (exact) mass is 329 g/mol. The quantitative estimate of drug-likeness (QED) is 0.679. The van der Waals surface area contributed by atoms with E-state index in [-0.39, 0.29) is 5.60 Å². The van der Waals surface area contributed by atoms with Crippen LogP contribution in [0, 0.1) is 6.92 Å². The van der Waals surface area contributed by atoms with Crippen molar-refractivity contribution < 1.29 is 4.74 Å². The zero-order valence-electron chi connectivity index (χ0n) is 14.1.